The summed E-state index contributed by atoms with van der Waals surface area (Å²) in [6, 6.07) is 9.97. The van der Waals surface area contributed by atoms with Crippen LogP contribution in [0.1, 0.15) is 5.56 Å². The fraction of sp³-hybridized carbons (Fsp3) is 0. The topological polar surface area (TPSA) is 107 Å². The van der Waals surface area contributed by atoms with E-state index >= 15 is 0 Å². The molecule has 3 rings (SSSR count). The van der Waals surface area contributed by atoms with Crippen molar-refractivity contribution in [2.45, 2.75) is 0 Å². The van der Waals surface area contributed by atoms with Crippen molar-refractivity contribution in [2.75, 3.05) is 4.90 Å². The molecule has 0 aromatic heterocycles. The monoisotopic (exact) mass is 465 g/mol. The third-order valence-corrected chi connectivity index (χ3v) is 5.55. The number of nitrogens with zero attached hydrogens (tertiary/aromatic N) is 3. The van der Waals surface area contributed by atoms with Crippen LogP contribution in [0.15, 0.2) is 51.8 Å². The zero-order valence-corrected chi connectivity index (χ0v) is 16.4. The van der Waals surface area contributed by atoms with Gasteiger partial charge in [-0.1, -0.05) is 30.0 Å². The van der Waals surface area contributed by atoms with Gasteiger partial charge in [0.1, 0.15) is 0 Å². The van der Waals surface area contributed by atoms with Crippen LogP contribution in [0, 0.1) is 20.2 Å². The van der Waals surface area contributed by atoms with Gasteiger partial charge in [-0.05, 0) is 45.8 Å². The minimum Gasteiger partial charge on any atom is -0.268 e. The molecule has 0 saturated carbocycles. The number of thiocarbonyl (C=S) groups is 1. The van der Waals surface area contributed by atoms with E-state index in [-0.39, 0.29) is 15.7 Å². The highest BCUT2D eigenvalue weighted by Gasteiger charge is 2.33. The molecule has 0 aliphatic carbocycles. The van der Waals surface area contributed by atoms with Crippen LogP contribution in [0.5, 0.6) is 0 Å². The number of carbonyl (C=O) groups is 1. The molecule has 2 aromatic rings. The predicted octanol–water partition coefficient (Wildman–Crippen LogP) is 4.67. The molecule has 1 aliphatic rings. The summed E-state index contributed by atoms with van der Waals surface area (Å²) in [6.07, 6.45) is 1.52. The first-order chi connectivity index (χ1) is 12.8. The van der Waals surface area contributed by atoms with Gasteiger partial charge in [0.05, 0.1) is 24.9 Å². The van der Waals surface area contributed by atoms with E-state index in [9.17, 15) is 25.0 Å². The van der Waals surface area contributed by atoms with Crippen LogP contribution in [0.4, 0.5) is 17.1 Å². The average molecular weight is 466 g/mol. The van der Waals surface area contributed by atoms with Crippen LogP contribution in [0.2, 0.25) is 0 Å². The Balaban J connectivity index is 1.92. The van der Waals surface area contributed by atoms with E-state index in [2.05, 4.69) is 15.9 Å². The highest BCUT2D eigenvalue weighted by Crippen LogP contribution is 2.37. The Morgan fingerprint density at radius 3 is 2.33 bits per heavy atom. The predicted molar refractivity (Wildman–Crippen MR) is 110 cm³/mol. The zero-order valence-electron chi connectivity index (χ0n) is 13.2. The largest absolute Gasteiger partial charge is 0.284 e. The Morgan fingerprint density at radius 1 is 1.07 bits per heavy atom. The summed E-state index contributed by atoms with van der Waals surface area (Å²) in [7, 11) is 0. The van der Waals surface area contributed by atoms with Gasteiger partial charge < -0.3 is 0 Å². The lowest BCUT2D eigenvalue weighted by Crippen LogP contribution is -2.27. The molecule has 1 amide bonds. The van der Waals surface area contributed by atoms with E-state index in [1.54, 1.807) is 6.07 Å². The number of benzene rings is 2. The van der Waals surface area contributed by atoms with Crippen molar-refractivity contribution in [2.24, 2.45) is 0 Å². The molecule has 0 N–H and O–H groups in total. The van der Waals surface area contributed by atoms with E-state index in [4.69, 9.17) is 12.2 Å². The second-order valence-electron chi connectivity index (χ2n) is 5.26. The highest BCUT2D eigenvalue weighted by molar-refractivity contribution is 9.10. The Labute approximate surface area is 170 Å². The number of hydrogen-bond acceptors (Lipinski definition) is 7. The second-order valence-corrected chi connectivity index (χ2v) is 7.79. The van der Waals surface area contributed by atoms with Crippen molar-refractivity contribution in [3.63, 3.8) is 0 Å². The van der Waals surface area contributed by atoms with Crippen molar-refractivity contribution in [1.29, 1.82) is 0 Å². The van der Waals surface area contributed by atoms with E-state index < -0.39 is 15.8 Å². The highest BCUT2D eigenvalue weighted by atomic mass is 79.9. The van der Waals surface area contributed by atoms with Gasteiger partial charge in [-0.25, -0.2) is 0 Å². The maximum atomic E-state index is 12.7. The first-order valence-corrected chi connectivity index (χ1v) is 9.26. The Hall–Kier alpha value is -2.63. The van der Waals surface area contributed by atoms with Gasteiger partial charge in [0.25, 0.3) is 17.3 Å². The molecule has 8 nitrogen and oxygen atoms in total. The molecule has 1 heterocycles. The number of nitro groups is 2. The fourth-order valence-corrected chi connectivity index (χ4v) is 4.01. The molecular formula is C16H8BrN3O5S2. The van der Waals surface area contributed by atoms with E-state index in [0.717, 1.165) is 11.8 Å². The van der Waals surface area contributed by atoms with E-state index in [1.807, 2.05) is 0 Å². The van der Waals surface area contributed by atoms with Crippen LogP contribution < -0.4 is 4.90 Å². The van der Waals surface area contributed by atoms with Crippen LogP contribution >= 0.6 is 39.9 Å². The third kappa shape index (κ3) is 3.89. The molecule has 2 aromatic carbocycles. The lowest BCUT2D eigenvalue weighted by Gasteiger charge is -2.13. The number of thioether (sulfide) groups is 1. The molecule has 1 saturated heterocycles. The Kier molecular flexibility index (Phi) is 5.35. The molecule has 1 aliphatic heterocycles. The molecule has 0 atom stereocenters. The third-order valence-electron chi connectivity index (χ3n) is 3.58. The Bertz CT molecular complexity index is 1020. The number of anilines is 1. The van der Waals surface area contributed by atoms with Crippen LogP contribution in [-0.2, 0) is 4.79 Å². The normalized spacial score (nSPS) is 15.4. The second kappa shape index (κ2) is 7.55. The number of non-ortho nitro benzene ring substituents is 1. The average Bonchev–Trinajstić information content (AvgIpc) is 2.90. The zero-order chi connectivity index (χ0) is 19.7. The molecule has 1 fully saturated rings. The van der Waals surface area contributed by atoms with Crippen molar-refractivity contribution in [1.82, 2.24) is 0 Å². The number of carbonyl (C=O) groups excluding carboxylic acids is 1. The molecule has 0 spiro atoms. The SMILES string of the molecule is O=C1C(=Cc2ccc(Br)c([N+](=O)[O-])c2)SC(=S)N1c1ccc([N+](=O)[O-])cc1. The standard InChI is InChI=1S/C16H8BrN3O5S2/c17-12-6-1-9(7-13(12)20(24)25)8-14-15(21)18(16(26)27-14)10-2-4-11(5-3-10)19(22)23/h1-8H. The molecule has 0 unspecified atom stereocenters. The molecule has 11 heteroatoms. The molecular weight excluding hydrogens is 458 g/mol. The Morgan fingerprint density at radius 2 is 1.74 bits per heavy atom. The molecule has 136 valence electrons. The van der Waals surface area contributed by atoms with Crippen molar-refractivity contribution in [3.05, 3.63) is 77.6 Å². The van der Waals surface area contributed by atoms with Crippen molar-refractivity contribution < 1.29 is 14.6 Å². The lowest BCUT2D eigenvalue weighted by molar-refractivity contribution is -0.385. The van der Waals surface area contributed by atoms with Crippen LogP contribution in [-0.4, -0.2) is 20.1 Å². The summed E-state index contributed by atoms with van der Waals surface area (Å²) >= 11 is 9.41. The minimum atomic E-state index is -0.533. The van der Waals surface area contributed by atoms with Gasteiger partial charge in [-0.2, -0.15) is 0 Å². The van der Waals surface area contributed by atoms with Crippen molar-refractivity contribution in [3.8, 4) is 0 Å². The summed E-state index contributed by atoms with van der Waals surface area (Å²) in [6.45, 7) is 0. The summed E-state index contributed by atoms with van der Waals surface area (Å²) in [4.78, 5) is 35.0. The number of amides is 1. The van der Waals surface area contributed by atoms with Crippen LogP contribution in [0.25, 0.3) is 6.08 Å². The smallest absolute Gasteiger partial charge is 0.268 e. The molecule has 27 heavy (non-hydrogen) atoms. The number of hydrogen-bond donors (Lipinski definition) is 0. The molecule has 0 radical (unpaired) electrons. The first kappa shape index (κ1) is 19.1. The maximum absolute atomic E-state index is 12.7. The van der Waals surface area contributed by atoms with Gasteiger partial charge in [0.15, 0.2) is 4.32 Å². The van der Waals surface area contributed by atoms with E-state index in [0.29, 0.717) is 20.6 Å². The summed E-state index contributed by atoms with van der Waals surface area (Å²) in [5, 5.41) is 21.8. The number of rotatable bonds is 4. The summed E-state index contributed by atoms with van der Waals surface area (Å²) < 4.78 is 0.606. The quantitative estimate of drug-likeness (QED) is 0.279. The van der Waals surface area contributed by atoms with Gasteiger partial charge >= 0.3 is 0 Å². The first-order valence-electron chi connectivity index (χ1n) is 7.24. The summed E-state index contributed by atoms with van der Waals surface area (Å²) in [5.41, 5.74) is 0.680. The van der Waals surface area contributed by atoms with Gasteiger partial charge in [0.2, 0.25) is 0 Å². The lowest BCUT2D eigenvalue weighted by atomic mass is 10.2. The minimum absolute atomic E-state index is 0.0955. The van der Waals surface area contributed by atoms with Gasteiger partial charge in [-0.15, -0.1) is 0 Å². The number of halogens is 1. The van der Waals surface area contributed by atoms with Crippen LogP contribution in [0.3, 0.4) is 0 Å². The summed E-state index contributed by atoms with van der Waals surface area (Å²) in [5.74, 6) is -0.399. The molecule has 0 bridgehead atoms. The number of nitro benzene ring substituents is 2. The van der Waals surface area contributed by atoms with Gasteiger partial charge in [-0.3, -0.25) is 29.9 Å². The van der Waals surface area contributed by atoms with E-state index in [1.165, 1.54) is 47.4 Å². The maximum Gasteiger partial charge on any atom is 0.284 e. The fourth-order valence-electron chi connectivity index (χ4n) is 2.32. The van der Waals surface area contributed by atoms with Gasteiger partial charge in [0, 0.05) is 18.2 Å². The van der Waals surface area contributed by atoms with Crippen molar-refractivity contribution >= 4 is 73.3 Å².